The molecule has 1 aromatic rings. The average molecular weight is 407 g/mol. The second-order valence-corrected chi connectivity index (χ2v) is 10.9. The fraction of sp³-hybridized carbons (Fsp3) is 0.682. The van der Waals surface area contributed by atoms with Crippen molar-refractivity contribution < 1.29 is 13.5 Å². The predicted octanol–water partition coefficient (Wildman–Crippen LogP) is 4.11. The van der Waals surface area contributed by atoms with E-state index in [2.05, 4.69) is 37.6 Å². The molecule has 28 heavy (non-hydrogen) atoms. The summed E-state index contributed by atoms with van der Waals surface area (Å²) in [7, 11) is -3.73. The van der Waals surface area contributed by atoms with E-state index < -0.39 is 15.6 Å². The van der Waals surface area contributed by atoms with E-state index in [-0.39, 0.29) is 22.6 Å². The number of aliphatic hydroxyl groups is 1. The Morgan fingerprint density at radius 1 is 1.14 bits per heavy atom. The highest BCUT2D eigenvalue weighted by molar-refractivity contribution is 7.89. The first kappa shape index (κ1) is 21.3. The predicted molar refractivity (Wildman–Crippen MR) is 112 cm³/mol. The van der Waals surface area contributed by atoms with Crippen LogP contribution in [0.1, 0.15) is 58.9 Å². The summed E-state index contributed by atoms with van der Waals surface area (Å²) >= 11 is 0. The van der Waals surface area contributed by atoms with Gasteiger partial charge in [0.15, 0.2) is 0 Å². The molecular formula is C22H34N2O3S. The number of aryl methyl sites for hydroxylation is 1. The maximum atomic E-state index is 12.7. The molecule has 0 aliphatic heterocycles. The Morgan fingerprint density at radius 2 is 1.79 bits per heavy atom. The SMILES string of the molecule is Cc1ccc(S(=O)(=O)N/N=C2/[C@H](C)CC[C@]3(O)[C@H](C)CC[C@@H](C(C)C)[C@H]23)cc1. The van der Waals surface area contributed by atoms with E-state index >= 15 is 0 Å². The third-order valence-electron chi connectivity index (χ3n) is 7.04. The van der Waals surface area contributed by atoms with E-state index in [4.69, 9.17) is 0 Å². The second kappa shape index (κ2) is 7.79. The van der Waals surface area contributed by atoms with E-state index in [1.807, 2.05) is 6.92 Å². The fourth-order valence-corrected chi connectivity index (χ4v) is 5.92. The minimum Gasteiger partial charge on any atom is -0.389 e. The molecule has 2 fully saturated rings. The molecule has 0 heterocycles. The Hall–Kier alpha value is -1.40. The number of nitrogens with one attached hydrogen (secondary N) is 1. The molecule has 1 aromatic carbocycles. The number of fused-ring (bicyclic) bond motifs is 1. The van der Waals surface area contributed by atoms with Crippen LogP contribution in [0, 0.1) is 36.5 Å². The van der Waals surface area contributed by atoms with Gasteiger partial charge in [0.1, 0.15) is 0 Å². The molecule has 0 spiro atoms. The first-order valence-corrected chi connectivity index (χ1v) is 11.9. The van der Waals surface area contributed by atoms with Crippen LogP contribution >= 0.6 is 0 Å². The molecule has 5 nitrogen and oxygen atoms in total. The molecule has 0 aromatic heterocycles. The van der Waals surface area contributed by atoms with Gasteiger partial charge >= 0.3 is 0 Å². The summed E-state index contributed by atoms with van der Waals surface area (Å²) in [6, 6.07) is 6.75. The van der Waals surface area contributed by atoms with Gasteiger partial charge in [-0.05, 0) is 68.4 Å². The third kappa shape index (κ3) is 3.86. The van der Waals surface area contributed by atoms with Crippen molar-refractivity contribution in [2.75, 3.05) is 0 Å². The van der Waals surface area contributed by atoms with Gasteiger partial charge in [0.25, 0.3) is 10.0 Å². The van der Waals surface area contributed by atoms with Gasteiger partial charge in [-0.25, -0.2) is 4.83 Å². The number of rotatable bonds is 4. The van der Waals surface area contributed by atoms with Crippen molar-refractivity contribution in [2.45, 2.75) is 70.8 Å². The van der Waals surface area contributed by atoms with Crippen LogP contribution < -0.4 is 4.83 Å². The molecular weight excluding hydrogens is 372 g/mol. The first-order valence-electron chi connectivity index (χ1n) is 10.4. The maximum absolute atomic E-state index is 12.7. The summed E-state index contributed by atoms with van der Waals surface area (Å²) in [5, 5.41) is 16.0. The van der Waals surface area contributed by atoms with Crippen LogP contribution in [-0.4, -0.2) is 24.8 Å². The van der Waals surface area contributed by atoms with Gasteiger partial charge in [-0.15, -0.1) is 0 Å². The van der Waals surface area contributed by atoms with Gasteiger partial charge in [0, 0.05) is 11.6 Å². The molecule has 5 atom stereocenters. The van der Waals surface area contributed by atoms with Crippen LogP contribution in [-0.2, 0) is 10.0 Å². The highest BCUT2D eigenvalue weighted by Gasteiger charge is 2.54. The Kier molecular flexibility index (Phi) is 5.93. The topological polar surface area (TPSA) is 78.8 Å². The molecule has 0 saturated heterocycles. The zero-order chi connectivity index (χ0) is 20.7. The van der Waals surface area contributed by atoms with Crippen molar-refractivity contribution in [3.63, 3.8) is 0 Å². The van der Waals surface area contributed by atoms with Gasteiger partial charge in [0.2, 0.25) is 0 Å². The van der Waals surface area contributed by atoms with E-state index in [0.29, 0.717) is 11.8 Å². The Labute approximate surface area is 169 Å². The van der Waals surface area contributed by atoms with Crippen LogP contribution in [0.4, 0.5) is 0 Å². The highest BCUT2D eigenvalue weighted by Crippen LogP contribution is 2.51. The smallest absolute Gasteiger partial charge is 0.276 e. The minimum atomic E-state index is -3.73. The van der Waals surface area contributed by atoms with Gasteiger partial charge < -0.3 is 5.11 Å². The molecule has 2 saturated carbocycles. The summed E-state index contributed by atoms with van der Waals surface area (Å²) in [6.45, 7) is 10.5. The number of nitrogens with zero attached hydrogens (tertiary/aromatic N) is 1. The van der Waals surface area contributed by atoms with Gasteiger partial charge in [0.05, 0.1) is 10.5 Å². The summed E-state index contributed by atoms with van der Waals surface area (Å²) in [6.07, 6.45) is 3.63. The Morgan fingerprint density at radius 3 is 2.39 bits per heavy atom. The van der Waals surface area contributed by atoms with Crippen molar-refractivity contribution >= 4 is 15.7 Å². The summed E-state index contributed by atoms with van der Waals surface area (Å²) in [4.78, 5) is 2.68. The molecule has 156 valence electrons. The molecule has 2 N–H and O–H groups in total. The molecule has 0 radical (unpaired) electrons. The molecule has 2 aliphatic rings. The molecule has 2 aliphatic carbocycles. The number of hydrogen-bond acceptors (Lipinski definition) is 4. The number of hydrazone groups is 1. The van der Waals surface area contributed by atoms with E-state index in [1.165, 1.54) is 0 Å². The lowest BCUT2D eigenvalue weighted by molar-refractivity contribution is -0.111. The monoisotopic (exact) mass is 406 g/mol. The molecule has 0 bridgehead atoms. The van der Waals surface area contributed by atoms with Crippen LogP contribution in [0.3, 0.4) is 0 Å². The van der Waals surface area contributed by atoms with E-state index in [1.54, 1.807) is 24.3 Å². The lowest BCUT2D eigenvalue weighted by Gasteiger charge is -2.54. The highest BCUT2D eigenvalue weighted by atomic mass is 32.2. The second-order valence-electron chi connectivity index (χ2n) is 9.24. The fourth-order valence-electron chi connectivity index (χ4n) is 5.10. The summed E-state index contributed by atoms with van der Waals surface area (Å²) in [5.41, 5.74) is 1.02. The molecule has 6 heteroatoms. The maximum Gasteiger partial charge on any atom is 0.276 e. The number of sulfonamides is 1. The van der Waals surface area contributed by atoms with Crippen molar-refractivity contribution in [1.82, 2.24) is 4.83 Å². The van der Waals surface area contributed by atoms with Crippen molar-refractivity contribution in [3.05, 3.63) is 29.8 Å². The molecule has 0 amide bonds. The lowest BCUT2D eigenvalue weighted by atomic mass is 9.54. The Bertz CT molecular complexity index is 832. The summed E-state index contributed by atoms with van der Waals surface area (Å²) < 4.78 is 25.5. The normalized spacial score (nSPS) is 35.0. The minimum absolute atomic E-state index is 0.0966. The van der Waals surface area contributed by atoms with Gasteiger partial charge in [-0.3, -0.25) is 0 Å². The van der Waals surface area contributed by atoms with Gasteiger partial charge in [-0.2, -0.15) is 13.5 Å². The largest absolute Gasteiger partial charge is 0.389 e. The summed E-state index contributed by atoms with van der Waals surface area (Å²) in [5.74, 6) is 0.969. The third-order valence-corrected chi connectivity index (χ3v) is 8.26. The molecule has 0 unspecified atom stereocenters. The molecule has 3 rings (SSSR count). The van der Waals surface area contributed by atoms with Crippen molar-refractivity contribution in [3.8, 4) is 0 Å². The lowest BCUT2D eigenvalue weighted by Crippen LogP contribution is -2.59. The van der Waals surface area contributed by atoms with E-state index in [9.17, 15) is 13.5 Å². The van der Waals surface area contributed by atoms with Crippen LogP contribution in [0.15, 0.2) is 34.3 Å². The van der Waals surface area contributed by atoms with Gasteiger partial charge in [-0.1, -0.05) is 45.4 Å². The average Bonchev–Trinajstić information content (AvgIpc) is 2.63. The zero-order valence-corrected chi connectivity index (χ0v) is 18.5. The Balaban J connectivity index is 1.96. The van der Waals surface area contributed by atoms with Crippen LogP contribution in [0.5, 0.6) is 0 Å². The first-order chi connectivity index (χ1) is 13.1. The van der Waals surface area contributed by atoms with Crippen molar-refractivity contribution in [1.29, 1.82) is 0 Å². The number of benzene rings is 1. The number of hydrogen-bond donors (Lipinski definition) is 2. The quantitative estimate of drug-likeness (QED) is 0.739. The zero-order valence-electron chi connectivity index (χ0n) is 17.6. The standard InChI is InChI=1S/C22H34N2O3S/c1-14(2)19-11-8-17(5)22(25)13-12-16(4)21(20(19)22)23-24-28(26,27)18-9-6-15(3)7-10-18/h6-7,9-10,14,16-17,19-20,24-25H,8,11-13H2,1-5H3/b23-21-/t16-,17-,19+,20-,22+/m1/s1. The van der Waals surface area contributed by atoms with Crippen molar-refractivity contribution in [2.24, 2.45) is 34.7 Å². The van der Waals surface area contributed by atoms with E-state index in [0.717, 1.165) is 37.0 Å². The van der Waals surface area contributed by atoms with Crippen LogP contribution in [0.25, 0.3) is 0 Å². The van der Waals surface area contributed by atoms with Crippen LogP contribution in [0.2, 0.25) is 0 Å².